The number of nitrogens with zero attached hydrogens (tertiary/aromatic N) is 2. The number of hydrogen-bond acceptors (Lipinski definition) is 4. The molecule has 1 aromatic rings. The molecule has 2 rings (SSSR count). The van der Waals surface area contributed by atoms with E-state index in [1.54, 1.807) is 19.2 Å². The second-order valence-electron chi connectivity index (χ2n) is 5.35. The standard InChI is InChI=1S/C15H20N2O4/c1-17(15(14(19)20)8-4-3-5-9-15)13(18)11-6-7-12(21-2)16-10-11/h6-7,10H,3-5,8-9H2,1-2H3,(H,19,20). The van der Waals surface area contributed by atoms with Crippen molar-refractivity contribution in [1.82, 2.24) is 9.88 Å². The minimum atomic E-state index is -1.10. The van der Waals surface area contributed by atoms with Gasteiger partial charge in [0, 0.05) is 19.3 Å². The first-order chi connectivity index (χ1) is 10.0. The lowest BCUT2D eigenvalue weighted by molar-refractivity contribution is -0.151. The van der Waals surface area contributed by atoms with Gasteiger partial charge in [0.05, 0.1) is 12.7 Å². The zero-order valence-corrected chi connectivity index (χ0v) is 12.3. The van der Waals surface area contributed by atoms with Crippen LogP contribution in [-0.4, -0.2) is 46.6 Å². The Balaban J connectivity index is 2.25. The Morgan fingerprint density at radius 2 is 1.95 bits per heavy atom. The molecule has 21 heavy (non-hydrogen) atoms. The SMILES string of the molecule is COc1ccc(C(=O)N(C)C2(C(=O)O)CCCCC2)cn1. The summed E-state index contributed by atoms with van der Waals surface area (Å²) in [7, 11) is 3.06. The quantitative estimate of drug-likeness (QED) is 0.917. The molecule has 114 valence electrons. The van der Waals surface area contributed by atoms with E-state index in [0.717, 1.165) is 19.3 Å². The molecule has 1 heterocycles. The van der Waals surface area contributed by atoms with Crippen molar-refractivity contribution in [2.75, 3.05) is 14.2 Å². The van der Waals surface area contributed by atoms with Crippen LogP contribution >= 0.6 is 0 Å². The molecule has 0 aromatic carbocycles. The van der Waals surface area contributed by atoms with E-state index in [0.29, 0.717) is 24.3 Å². The average molecular weight is 292 g/mol. The van der Waals surface area contributed by atoms with Crippen LogP contribution in [-0.2, 0) is 4.79 Å². The molecule has 1 aliphatic rings. The summed E-state index contributed by atoms with van der Waals surface area (Å²) in [5.41, 5.74) is -0.737. The minimum Gasteiger partial charge on any atom is -0.481 e. The topological polar surface area (TPSA) is 79.7 Å². The number of likely N-dealkylation sites (N-methyl/N-ethyl adjacent to an activating group) is 1. The Bertz CT molecular complexity index is 521. The molecule has 6 heteroatoms. The maximum absolute atomic E-state index is 12.5. The highest BCUT2D eigenvalue weighted by atomic mass is 16.5. The van der Waals surface area contributed by atoms with Crippen molar-refractivity contribution < 1.29 is 19.4 Å². The number of aromatic nitrogens is 1. The molecule has 6 nitrogen and oxygen atoms in total. The average Bonchev–Trinajstić information content (AvgIpc) is 2.54. The van der Waals surface area contributed by atoms with Crippen molar-refractivity contribution in [2.45, 2.75) is 37.6 Å². The number of aliphatic carboxylic acids is 1. The van der Waals surface area contributed by atoms with Crippen LogP contribution in [0.15, 0.2) is 18.3 Å². The van der Waals surface area contributed by atoms with Gasteiger partial charge < -0.3 is 14.7 Å². The second kappa shape index (κ2) is 6.11. The fourth-order valence-corrected chi connectivity index (χ4v) is 2.84. The zero-order valence-electron chi connectivity index (χ0n) is 12.3. The number of methoxy groups -OCH3 is 1. The molecule has 1 amide bonds. The summed E-state index contributed by atoms with van der Waals surface area (Å²) < 4.78 is 4.95. The summed E-state index contributed by atoms with van der Waals surface area (Å²) in [6, 6.07) is 3.19. The second-order valence-corrected chi connectivity index (χ2v) is 5.35. The molecule has 0 bridgehead atoms. The van der Waals surface area contributed by atoms with Crippen LogP contribution in [0.1, 0.15) is 42.5 Å². The van der Waals surface area contributed by atoms with Gasteiger partial charge in [0.15, 0.2) is 0 Å². The van der Waals surface area contributed by atoms with Crippen molar-refractivity contribution in [2.24, 2.45) is 0 Å². The van der Waals surface area contributed by atoms with E-state index in [9.17, 15) is 14.7 Å². The van der Waals surface area contributed by atoms with E-state index >= 15 is 0 Å². The third kappa shape index (κ3) is 2.84. The van der Waals surface area contributed by atoms with Crippen molar-refractivity contribution in [3.63, 3.8) is 0 Å². The Labute approximate surface area is 123 Å². The zero-order chi connectivity index (χ0) is 15.5. The third-order valence-corrected chi connectivity index (χ3v) is 4.22. The van der Waals surface area contributed by atoms with Gasteiger partial charge in [0.1, 0.15) is 5.54 Å². The fourth-order valence-electron chi connectivity index (χ4n) is 2.84. The molecule has 1 aromatic heterocycles. The number of carbonyl (C=O) groups excluding carboxylic acids is 1. The van der Waals surface area contributed by atoms with Crippen molar-refractivity contribution in [3.05, 3.63) is 23.9 Å². The molecule has 0 aliphatic heterocycles. The monoisotopic (exact) mass is 292 g/mol. The summed E-state index contributed by atoms with van der Waals surface area (Å²) in [5, 5.41) is 9.61. The number of amides is 1. The predicted molar refractivity (Wildman–Crippen MR) is 76.3 cm³/mol. The molecular formula is C15H20N2O4. The first-order valence-electron chi connectivity index (χ1n) is 7.03. The van der Waals surface area contributed by atoms with Gasteiger partial charge in [-0.3, -0.25) is 4.79 Å². The van der Waals surface area contributed by atoms with Gasteiger partial charge in [-0.2, -0.15) is 0 Å². The van der Waals surface area contributed by atoms with Gasteiger partial charge in [-0.1, -0.05) is 19.3 Å². The molecule has 0 atom stereocenters. The lowest BCUT2D eigenvalue weighted by atomic mass is 9.80. The maximum atomic E-state index is 12.5. The summed E-state index contributed by atoms with van der Waals surface area (Å²) >= 11 is 0. The third-order valence-electron chi connectivity index (χ3n) is 4.22. The summed E-state index contributed by atoms with van der Waals surface area (Å²) in [6.07, 6.45) is 5.06. The van der Waals surface area contributed by atoms with Gasteiger partial charge in [0.2, 0.25) is 5.88 Å². The van der Waals surface area contributed by atoms with Crippen molar-refractivity contribution in [1.29, 1.82) is 0 Å². The fraction of sp³-hybridized carbons (Fsp3) is 0.533. The number of carboxylic acid groups (broad SMARTS) is 1. The summed E-state index contributed by atoms with van der Waals surface area (Å²) in [5.74, 6) is -0.839. The number of ether oxygens (including phenoxy) is 1. The molecule has 0 saturated heterocycles. The molecule has 0 unspecified atom stereocenters. The summed E-state index contributed by atoms with van der Waals surface area (Å²) in [6.45, 7) is 0. The van der Waals surface area contributed by atoms with Crippen LogP contribution in [0.4, 0.5) is 0 Å². The largest absolute Gasteiger partial charge is 0.481 e. The molecular weight excluding hydrogens is 272 g/mol. The van der Waals surface area contributed by atoms with E-state index in [2.05, 4.69) is 4.98 Å². The van der Waals surface area contributed by atoms with E-state index in [4.69, 9.17) is 4.74 Å². The number of carboxylic acids is 1. The Kier molecular flexibility index (Phi) is 4.45. The Morgan fingerprint density at radius 1 is 1.29 bits per heavy atom. The highest BCUT2D eigenvalue weighted by molar-refractivity contribution is 5.97. The van der Waals surface area contributed by atoms with E-state index < -0.39 is 11.5 Å². The maximum Gasteiger partial charge on any atom is 0.329 e. The lowest BCUT2D eigenvalue weighted by Crippen LogP contribution is -2.56. The number of pyridine rings is 1. The lowest BCUT2D eigenvalue weighted by Gasteiger charge is -2.41. The van der Waals surface area contributed by atoms with Crippen LogP contribution in [0.5, 0.6) is 5.88 Å². The van der Waals surface area contributed by atoms with Crippen LogP contribution in [0, 0.1) is 0 Å². The molecule has 1 N–H and O–H groups in total. The summed E-state index contributed by atoms with van der Waals surface area (Å²) in [4.78, 5) is 29.6. The number of rotatable bonds is 4. The molecule has 1 fully saturated rings. The minimum absolute atomic E-state index is 0.325. The molecule has 1 saturated carbocycles. The van der Waals surface area contributed by atoms with Gasteiger partial charge in [-0.05, 0) is 18.9 Å². The van der Waals surface area contributed by atoms with E-state index in [-0.39, 0.29) is 5.91 Å². The van der Waals surface area contributed by atoms with E-state index in [1.165, 1.54) is 18.2 Å². The highest BCUT2D eigenvalue weighted by Gasteiger charge is 2.45. The van der Waals surface area contributed by atoms with Gasteiger partial charge in [-0.25, -0.2) is 9.78 Å². The number of hydrogen-bond donors (Lipinski definition) is 1. The predicted octanol–water partition coefficient (Wildman–Crippen LogP) is 1.95. The smallest absolute Gasteiger partial charge is 0.329 e. The van der Waals surface area contributed by atoms with Gasteiger partial charge >= 0.3 is 5.97 Å². The van der Waals surface area contributed by atoms with Crippen LogP contribution in [0.25, 0.3) is 0 Å². The van der Waals surface area contributed by atoms with Crippen LogP contribution in [0.2, 0.25) is 0 Å². The molecule has 0 spiro atoms. The van der Waals surface area contributed by atoms with Crippen LogP contribution < -0.4 is 4.74 Å². The molecule has 1 aliphatic carbocycles. The Hall–Kier alpha value is -2.11. The highest BCUT2D eigenvalue weighted by Crippen LogP contribution is 2.34. The van der Waals surface area contributed by atoms with Crippen molar-refractivity contribution in [3.8, 4) is 5.88 Å². The van der Waals surface area contributed by atoms with E-state index in [1.807, 2.05) is 0 Å². The van der Waals surface area contributed by atoms with Gasteiger partial charge in [-0.15, -0.1) is 0 Å². The van der Waals surface area contributed by atoms with Gasteiger partial charge in [0.25, 0.3) is 5.91 Å². The van der Waals surface area contributed by atoms with Crippen LogP contribution in [0.3, 0.4) is 0 Å². The molecule has 0 radical (unpaired) electrons. The van der Waals surface area contributed by atoms with Crippen molar-refractivity contribution >= 4 is 11.9 Å². The first-order valence-corrected chi connectivity index (χ1v) is 7.03. The first kappa shape index (κ1) is 15.3. The number of carbonyl (C=O) groups is 2. The normalized spacial score (nSPS) is 17.0. The Morgan fingerprint density at radius 3 is 2.43 bits per heavy atom.